The van der Waals surface area contributed by atoms with Gasteiger partial charge in [0.15, 0.2) is 17.4 Å². The van der Waals surface area contributed by atoms with Crippen molar-refractivity contribution in [2.24, 2.45) is 14.2 Å². The van der Waals surface area contributed by atoms with E-state index in [-0.39, 0.29) is 46.0 Å². The van der Waals surface area contributed by atoms with Crippen LogP contribution in [0, 0.1) is 12.3 Å². The number of amidine groups is 2. The fraction of sp³-hybridized carbons (Fsp3) is 0.357. The molecule has 41 heavy (non-hydrogen) atoms. The first kappa shape index (κ1) is 28.1. The molecule has 2 atom stereocenters. The summed E-state index contributed by atoms with van der Waals surface area (Å²) in [7, 11) is 0. The maximum Gasteiger partial charge on any atom is 0.316 e. The zero-order chi connectivity index (χ0) is 29.3. The fourth-order valence-electron chi connectivity index (χ4n) is 4.83. The number of nitrogens with zero attached hydrogens (tertiary/aromatic N) is 5. The van der Waals surface area contributed by atoms with Gasteiger partial charge in [-0.25, -0.2) is 4.21 Å². The third-order valence-corrected chi connectivity index (χ3v) is 7.66. The molecule has 4 N–H and O–H groups in total. The molecule has 2 aliphatic heterocycles. The average Bonchev–Trinajstić information content (AvgIpc) is 3.52. The number of para-hydroxylation sites is 1. The van der Waals surface area contributed by atoms with Gasteiger partial charge in [0.2, 0.25) is 0 Å². The summed E-state index contributed by atoms with van der Waals surface area (Å²) in [5.74, 6) is 1.98. The normalized spacial score (nSPS) is 18.1. The summed E-state index contributed by atoms with van der Waals surface area (Å²) < 4.78 is 27.5. The van der Waals surface area contributed by atoms with Crippen molar-refractivity contribution < 1.29 is 28.5 Å². The SMILES string of the molecule is Cc1ccc([C@H](NC2=NS(=O)N=C2Nc2cccc(C(=O)N3CCN(c4cccc[n+]4O)CC3)c2O)C(C)(C)C)o1. The molecule has 5 rings (SSSR count). The summed E-state index contributed by atoms with van der Waals surface area (Å²) in [6.45, 7) is 9.87. The number of carbonyl (C=O) groups is 1. The first-order chi connectivity index (χ1) is 19.5. The summed E-state index contributed by atoms with van der Waals surface area (Å²) in [6, 6.07) is 13.7. The Kier molecular flexibility index (Phi) is 7.72. The standard InChI is InChI=1S/C28H33N7O5S/c1-18-11-12-21(40-18)24(28(2,3)4)30-26-25(31-41(39)32-26)29-20-9-7-8-19(23(20)36)27(37)34-16-14-33(15-17-34)22-10-5-6-13-35(22)38/h5-13,24H,14-17H2,1-4H3,(H3-,29,30,31,32,36,37,38)/p+1/t24-,41?/m0/s1. The van der Waals surface area contributed by atoms with Gasteiger partial charge in [0.25, 0.3) is 17.1 Å². The van der Waals surface area contributed by atoms with E-state index in [1.807, 2.05) is 56.9 Å². The Balaban J connectivity index is 1.30. The molecule has 0 aliphatic carbocycles. The first-order valence-electron chi connectivity index (χ1n) is 13.3. The summed E-state index contributed by atoms with van der Waals surface area (Å²) in [4.78, 5) is 17.0. The summed E-state index contributed by atoms with van der Waals surface area (Å²) in [5, 5.41) is 27.5. The van der Waals surface area contributed by atoms with E-state index < -0.39 is 11.2 Å². The van der Waals surface area contributed by atoms with Crippen LogP contribution in [-0.4, -0.2) is 63.2 Å². The van der Waals surface area contributed by atoms with Crippen LogP contribution in [0.1, 0.15) is 48.7 Å². The van der Waals surface area contributed by atoms with Gasteiger partial charge in [0.05, 0.1) is 30.4 Å². The van der Waals surface area contributed by atoms with Crippen LogP contribution in [0.4, 0.5) is 11.5 Å². The van der Waals surface area contributed by atoms with Crippen LogP contribution in [-0.2, 0) is 11.2 Å². The Labute approximate surface area is 240 Å². The number of piperazine rings is 1. The van der Waals surface area contributed by atoms with Crippen LogP contribution in [0.25, 0.3) is 0 Å². The largest absolute Gasteiger partial charge is 0.505 e. The number of phenolic OH excluding ortho intramolecular Hbond substituents is 1. The Morgan fingerprint density at radius 3 is 2.44 bits per heavy atom. The number of aryl methyl sites for hydroxylation is 1. The van der Waals surface area contributed by atoms with Gasteiger partial charge < -0.3 is 30.3 Å². The molecule has 216 valence electrons. The Morgan fingerprint density at radius 2 is 1.78 bits per heavy atom. The van der Waals surface area contributed by atoms with E-state index in [2.05, 4.69) is 19.4 Å². The van der Waals surface area contributed by atoms with Gasteiger partial charge in [-0.3, -0.25) is 9.69 Å². The topological polar surface area (TPSA) is 147 Å². The molecule has 1 fully saturated rings. The third kappa shape index (κ3) is 6.04. The lowest BCUT2D eigenvalue weighted by molar-refractivity contribution is -0.894. The lowest BCUT2D eigenvalue weighted by Gasteiger charge is -2.31. The van der Waals surface area contributed by atoms with Crippen LogP contribution < -0.4 is 20.3 Å². The quantitative estimate of drug-likeness (QED) is 0.205. The number of carbonyl (C=O) groups excluding carboxylic acids is 1. The Bertz CT molecular complexity index is 1540. The molecule has 0 spiro atoms. The van der Waals surface area contributed by atoms with Crippen LogP contribution in [0.2, 0.25) is 0 Å². The minimum Gasteiger partial charge on any atom is -0.505 e. The van der Waals surface area contributed by atoms with Gasteiger partial charge in [-0.15, -0.1) is 8.80 Å². The van der Waals surface area contributed by atoms with Gasteiger partial charge in [-0.2, -0.15) is 0 Å². The van der Waals surface area contributed by atoms with Crippen molar-refractivity contribution in [1.29, 1.82) is 0 Å². The summed E-state index contributed by atoms with van der Waals surface area (Å²) >= 11 is -1.86. The van der Waals surface area contributed by atoms with Crippen molar-refractivity contribution in [3.8, 4) is 5.75 Å². The van der Waals surface area contributed by atoms with Crippen molar-refractivity contribution in [3.63, 3.8) is 0 Å². The van der Waals surface area contributed by atoms with E-state index in [1.165, 1.54) is 0 Å². The van der Waals surface area contributed by atoms with E-state index in [4.69, 9.17) is 4.42 Å². The molecule has 2 aliphatic rings. The molecule has 1 unspecified atom stereocenters. The molecule has 1 aromatic carbocycles. The molecule has 0 radical (unpaired) electrons. The number of hydrogen-bond donors (Lipinski definition) is 4. The molecule has 0 bridgehead atoms. The lowest BCUT2D eigenvalue weighted by Crippen LogP contribution is -2.52. The number of aromatic hydroxyl groups is 1. The minimum atomic E-state index is -1.86. The van der Waals surface area contributed by atoms with E-state index in [0.717, 1.165) is 10.5 Å². The number of anilines is 2. The second kappa shape index (κ2) is 11.2. The van der Waals surface area contributed by atoms with Crippen molar-refractivity contribution >= 4 is 40.3 Å². The fourth-order valence-corrected chi connectivity index (χ4v) is 5.45. The van der Waals surface area contributed by atoms with E-state index in [0.29, 0.717) is 37.8 Å². The van der Waals surface area contributed by atoms with Crippen molar-refractivity contribution in [3.05, 3.63) is 71.8 Å². The van der Waals surface area contributed by atoms with E-state index >= 15 is 0 Å². The molecule has 2 aromatic heterocycles. The number of hydrogen-bond acceptors (Lipinski definition) is 8. The average molecular weight is 581 g/mol. The second-order valence-electron chi connectivity index (χ2n) is 11.0. The lowest BCUT2D eigenvalue weighted by atomic mass is 9.85. The van der Waals surface area contributed by atoms with Crippen molar-refractivity contribution in [2.75, 3.05) is 36.4 Å². The van der Waals surface area contributed by atoms with Gasteiger partial charge >= 0.3 is 5.82 Å². The third-order valence-electron chi connectivity index (χ3n) is 6.98. The summed E-state index contributed by atoms with van der Waals surface area (Å²) in [5.41, 5.74) is 0.0666. The van der Waals surface area contributed by atoms with Gasteiger partial charge in [0, 0.05) is 6.07 Å². The number of pyridine rings is 1. The van der Waals surface area contributed by atoms with Crippen LogP contribution >= 0.6 is 0 Å². The molecule has 0 saturated carbocycles. The van der Waals surface area contributed by atoms with Crippen LogP contribution in [0.5, 0.6) is 5.75 Å². The highest BCUT2D eigenvalue weighted by atomic mass is 32.2. The van der Waals surface area contributed by atoms with Gasteiger partial charge in [-0.05, 0) is 42.7 Å². The molecule has 4 heterocycles. The van der Waals surface area contributed by atoms with Gasteiger partial charge in [0.1, 0.15) is 30.8 Å². The maximum absolute atomic E-state index is 13.4. The smallest absolute Gasteiger partial charge is 0.316 e. The number of aromatic nitrogens is 1. The van der Waals surface area contributed by atoms with Crippen molar-refractivity contribution in [2.45, 2.75) is 33.7 Å². The predicted molar refractivity (Wildman–Crippen MR) is 155 cm³/mol. The zero-order valence-electron chi connectivity index (χ0n) is 23.4. The molecule has 1 amide bonds. The Morgan fingerprint density at radius 1 is 1.05 bits per heavy atom. The van der Waals surface area contributed by atoms with Crippen LogP contribution in [0.3, 0.4) is 0 Å². The van der Waals surface area contributed by atoms with Gasteiger partial charge in [-0.1, -0.05) is 37.6 Å². The number of phenols is 1. The molecule has 13 heteroatoms. The highest BCUT2D eigenvalue weighted by Crippen LogP contribution is 2.34. The number of benzene rings is 1. The van der Waals surface area contributed by atoms with E-state index in [9.17, 15) is 19.3 Å². The molecular weight excluding hydrogens is 546 g/mol. The first-order valence-corrected chi connectivity index (χ1v) is 14.3. The number of amides is 1. The molecule has 1 saturated heterocycles. The maximum atomic E-state index is 13.4. The molecular formula is C28H34N7O5S+. The van der Waals surface area contributed by atoms with E-state index in [1.54, 1.807) is 35.4 Å². The van der Waals surface area contributed by atoms with Crippen LogP contribution in [0.15, 0.2) is 67.9 Å². The minimum absolute atomic E-state index is 0.130. The monoisotopic (exact) mass is 580 g/mol. The molecule has 12 nitrogen and oxygen atoms in total. The van der Waals surface area contributed by atoms with Crippen molar-refractivity contribution in [1.82, 2.24) is 10.2 Å². The predicted octanol–water partition coefficient (Wildman–Crippen LogP) is 2.96. The number of rotatable bonds is 5. The Hall–Kier alpha value is -4.39. The highest BCUT2D eigenvalue weighted by molar-refractivity contribution is 7.83. The molecule has 3 aromatic rings. The highest BCUT2D eigenvalue weighted by Gasteiger charge is 2.34. The zero-order valence-corrected chi connectivity index (χ0v) is 24.2. The second-order valence-corrected chi connectivity index (χ2v) is 11.8. The number of furan rings is 1. The number of nitrogens with one attached hydrogen (secondary N) is 2. The summed E-state index contributed by atoms with van der Waals surface area (Å²) in [6.07, 6.45) is 1.56.